The maximum Gasteiger partial charge on any atom is 0.278 e. The Morgan fingerprint density at radius 3 is 2.61 bits per heavy atom. The Morgan fingerprint density at radius 2 is 1.78 bits per heavy atom. The Morgan fingerprint density at radius 1 is 1.00 bits per heavy atom. The fourth-order valence-corrected chi connectivity index (χ4v) is 5.72. The van der Waals surface area contributed by atoms with Crippen LogP contribution < -0.4 is 21.9 Å². The van der Waals surface area contributed by atoms with Gasteiger partial charge in [-0.1, -0.05) is 48.5 Å². The summed E-state index contributed by atoms with van der Waals surface area (Å²) in [6.45, 7) is 0. The number of amides is 2. The Hall–Kier alpha value is -4.93. The average molecular weight is 480 g/mol. The summed E-state index contributed by atoms with van der Waals surface area (Å²) in [6.07, 6.45) is 1.33. The quantitative estimate of drug-likeness (QED) is 0.268. The van der Waals surface area contributed by atoms with Gasteiger partial charge >= 0.3 is 0 Å². The molecule has 4 aromatic rings. The number of carbonyl (C=O) groups is 2. The van der Waals surface area contributed by atoms with E-state index in [1.165, 1.54) is 0 Å². The molecule has 2 fully saturated rings. The van der Waals surface area contributed by atoms with Crippen LogP contribution >= 0.6 is 0 Å². The monoisotopic (exact) mass is 480 g/mol. The molecular formula is C25H20N8O3. The minimum Gasteiger partial charge on any atom is -0.369 e. The topological polar surface area (TPSA) is 162 Å². The van der Waals surface area contributed by atoms with Gasteiger partial charge in [0.25, 0.3) is 11.5 Å². The summed E-state index contributed by atoms with van der Waals surface area (Å²) < 4.78 is 0. The lowest BCUT2D eigenvalue weighted by Crippen LogP contribution is -2.58. The number of imidazole rings is 1. The van der Waals surface area contributed by atoms with Crippen molar-refractivity contribution in [3.8, 4) is 0 Å². The number of carbonyl (C=O) groups excluding carboxylic acids is 2. The Bertz CT molecular complexity index is 1670. The van der Waals surface area contributed by atoms with Crippen molar-refractivity contribution in [2.45, 2.75) is 24.0 Å². The van der Waals surface area contributed by atoms with Crippen molar-refractivity contribution < 1.29 is 9.59 Å². The number of fused-ring (bicyclic) bond motifs is 6. The molecule has 3 aliphatic rings. The number of aromatic amines is 2. The van der Waals surface area contributed by atoms with E-state index < -0.39 is 23.2 Å². The molecule has 7 rings (SSSR count). The summed E-state index contributed by atoms with van der Waals surface area (Å²) >= 11 is 0. The molecule has 0 unspecified atom stereocenters. The van der Waals surface area contributed by atoms with Crippen LogP contribution in [0.5, 0.6) is 0 Å². The van der Waals surface area contributed by atoms with E-state index in [1.54, 1.807) is 11.0 Å². The second kappa shape index (κ2) is 7.04. The van der Waals surface area contributed by atoms with Crippen molar-refractivity contribution >= 4 is 40.7 Å². The number of hydrogen-bond acceptors (Lipinski definition) is 7. The number of nitrogens with one attached hydrogen (secondary N) is 4. The lowest BCUT2D eigenvalue weighted by atomic mass is 9.77. The average Bonchev–Trinajstić information content (AvgIpc) is 3.53. The van der Waals surface area contributed by atoms with Gasteiger partial charge < -0.3 is 26.3 Å². The molecule has 36 heavy (non-hydrogen) atoms. The van der Waals surface area contributed by atoms with E-state index in [-0.39, 0.29) is 41.0 Å². The summed E-state index contributed by atoms with van der Waals surface area (Å²) in [4.78, 5) is 55.7. The third-order valence-electron chi connectivity index (χ3n) is 7.23. The molecule has 0 aliphatic carbocycles. The van der Waals surface area contributed by atoms with Gasteiger partial charge in [0.1, 0.15) is 23.7 Å². The molecule has 0 radical (unpaired) electrons. The lowest BCUT2D eigenvalue weighted by Gasteiger charge is -2.35. The highest BCUT2D eigenvalue weighted by atomic mass is 16.2. The predicted molar refractivity (Wildman–Crippen MR) is 131 cm³/mol. The molecular weight excluding hydrogens is 460 g/mol. The third-order valence-corrected chi connectivity index (χ3v) is 7.23. The van der Waals surface area contributed by atoms with E-state index in [9.17, 15) is 14.4 Å². The zero-order valence-corrected chi connectivity index (χ0v) is 18.8. The van der Waals surface area contributed by atoms with Crippen molar-refractivity contribution in [3.63, 3.8) is 0 Å². The largest absolute Gasteiger partial charge is 0.369 e. The highest BCUT2D eigenvalue weighted by Crippen LogP contribution is 2.54. The molecule has 11 heteroatoms. The molecule has 0 saturated carbocycles. The number of rotatable bonds is 2. The molecule has 3 aliphatic heterocycles. The molecule has 0 spiro atoms. The van der Waals surface area contributed by atoms with E-state index in [0.717, 1.165) is 16.8 Å². The van der Waals surface area contributed by atoms with Gasteiger partial charge in [-0.05, 0) is 29.7 Å². The number of anilines is 2. The molecule has 11 nitrogen and oxygen atoms in total. The zero-order valence-electron chi connectivity index (χ0n) is 18.8. The summed E-state index contributed by atoms with van der Waals surface area (Å²) in [6, 6.07) is 16.3. The van der Waals surface area contributed by atoms with Gasteiger partial charge in [-0.3, -0.25) is 19.4 Å². The van der Waals surface area contributed by atoms with Gasteiger partial charge in [0.15, 0.2) is 11.2 Å². The number of nitrogens with two attached hydrogens (primary N) is 1. The normalized spacial score (nSPS) is 25.4. The van der Waals surface area contributed by atoms with Crippen LogP contribution in [0.4, 0.5) is 11.6 Å². The van der Waals surface area contributed by atoms with Crippen LogP contribution in [0.25, 0.3) is 17.2 Å². The Kier molecular flexibility index (Phi) is 4.00. The van der Waals surface area contributed by atoms with Gasteiger partial charge in [0.2, 0.25) is 11.9 Å². The number of aromatic nitrogens is 4. The van der Waals surface area contributed by atoms with Crippen molar-refractivity contribution in [1.82, 2.24) is 30.2 Å². The lowest BCUT2D eigenvalue weighted by molar-refractivity contribution is -0.141. The Labute approximate surface area is 203 Å². The second-order valence-electron chi connectivity index (χ2n) is 9.19. The van der Waals surface area contributed by atoms with Crippen LogP contribution in [0.15, 0.2) is 65.1 Å². The van der Waals surface area contributed by atoms with Gasteiger partial charge in [0.05, 0.1) is 5.41 Å². The minimum atomic E-state index is -0.918. The van der Waals surface area contributed by atoms with E-state index in [2.05, 4.69) is 30.6 Å². The van der Waals surface area contributed by atoms with Crippen LogP contribution in [0.3, 0.4) is 0 Å². The smallest absolute Gasteiger partial charge is 0.278 e. The number of nitrogens with zero attached hydrogens (tertiary/aromatic N) is 3. The van der Waals surface area contributed by atoms with Crippen molar-refractivity contribution in [2.24, 2.45) is 0 Å². The highest BCUT2D eigenvalue weighted by Gasteiger charge is 2.64. The highest BCUT2D eigenvalue weighted by molar-refractivity contribution is 6.08. The van der Waals surface area contributed by atoms with Gasteiger partial charge in [-0.15, -0.1) is 0 Å². The van der Waals surface area contributed by atoms with Crippen LogP contribution in [-0.2, 0) is 15.0 Å². The number of hydrogen-bond donors (Lipinski definition) is 5. The van der Waals surface area contributed by atoms with E-state index in [4.69, 9.17) is 5.73 Å². The first-order valence-corrected chi connectivity index (χ1v) is 11.5. The summed E-state index contributed by atoms with van der Waals surface area (Å²) in [5.41, 5.74) is 7.44. The summed E-state index contributed by atoms with van der Waals surface area (Å²) in [5.74, 6) is -0.182. The maximum absolute atomic E-state index is 13.8. The van der Waals surface area contributed by atoms with Gasteiger partial charge in [-0.2, -0.15) is 4.98 Å². The standard InChI is InChI=1S/C25H20N8O3/c26-24-31-18-17(20(35)32-24)29-22(30-18)25-11-16-19(34)27-15(10-12-6-2-1-3-7-12)21(36)33(16)23(25)28-14-9-5-4-8-13(14)25/h1-10,16,23,28H,11H2,(H,27,34)(H4,26,29,30,31,32,35)/b15-10-/t16-,23+,25+/m1/s1. The molecule has 5 heterocycles. The van der Waals surface area contributed by atoms with Crippen molar-refractivity contribution in [1.29, 1.82) is 0 Å². The zero-order chi connectivity index (χ0) is 24.6. The van der Waals surface area contributed by atoms with E-state index in [0.29, 0.717) is 5.82 Å². The van der Waals surface area contributed by atoms with Crippen LogP contribution in [0, 0.1) is 0 Å². The number of H-pyrrole nitrogens is 2. The van der Waals surface area contributed by atoms with Crippen molar-refractivity contribution in [2.75, 3.05) is 11.1 Å². The fraction of sp³-hybridized carbons (Fsp3) is 0.160. The molecule has 6 N–H and O–H groups in total. The van der Waals surface area contributed by atoms with Crippen LogP contribution in [-0.4, -0.2) is 48.9 Å². The van der Waals surface area contributed by atoms with E-state index >= 15 is 0 Å². The number of nitrogen functional groups attached to an aromatic ring is 1. The number of benzene rings is 2. The van der Waals surface area contributed by atoms with E-state index in [1.807, 2.05) is 54.6 Å². The Balaban J connectivity index is 1.41. The summed E-state index contributed by atoms with van der Waals surface area (Å²) in [5, 5.41) is 6.25. The summed E-state index contributed by atoms with van der Waals surface area (Å²) in [7, 11) is 0. The SMILES string of the molecule is Nc1nc2nc([C@@]34C[C@@H]5C(=O)N/C(=C\c6ccccc6)C(=O)N5[C@@H]3Nc3ccccc34)[nH]c2c(=O)[nH]1. The predicted octanol–water partition coefficient (Wildman–Crippen LogP) is 1.04. The second-order valence-corrected chi connectivity index (χ2v) is 9.19. The number of piperazine rings is 1. The first kappa shape index (κ1) is 20.4. The van der Waals surface area contributed by atoms with Gasteiger partial charge in [-0.25, -0.2) is 4.98 Å². The van der Waals surface area contributed by atoms with Crippen LogP contribution in [0.2, 0.25) is 0 Å². The molecule has 3 atom stereocenters. The molecule has 178 valence electrons. The number of para-hydroxylation sites is 1. The molecule has 2 aromatic carbocycles. The molecule has 2 amide bonds. The minimum absolute atomic E-state index is 0.0429. The maximum atomic E-state index is 13.8. The first-order chi connectivity index (χ1) is 17.5. The molecule has 2 aromatic heterocycles. The van der Waals surface area contributed by atoms with Gasteiger partial charge in [0, 0.05) is 5.69 Å². The molecule has 2 saturated heterocycles. The fourth-order valence-electron chi connectivity index (χ4n) is 5.72. The van der Waals surface area contributed by atoms with Crippen LogP contribution in [0.1, 0.15) is 23.4 Å². The molecule has 0 bridgehead atoms. The first-order valence-electron chi connectivity index (χ1n) is 11.5. The third kappa shape index (κ3) is 2.64. The van der Waals surface area contributed by atoms with Crippen molar-refractivity contribution in [3.05, 3.63) is 87.6 Å².